The minimum atomic E-state index is -1.68. The molecule has 0 amide bonds. The van der Waals surface area contributed by atoms with Crippen LogP contribution in [0.5, 0.6) is 0 Å². The van der Waals surface area contributed by atoms with Gasteiger partial charge in [-0.1, -0.05) is 6.92 Å². The van der Waals surface area contributed by atoms with Gasteiger partial charge in [0.05, 0.1) is 13.2 Å². The molecule has 2 fully saturated rings. The maximum atomic E-state index is 10.5. The SMILES string of the molecule is CCCOC1C(O)OC(CO)C(OC2OC(CO)C(O)C(O)C2O)C1O. The molecule has 0 spiro atoms. The van der Waals surface area contributed by atoms with E-state index >= 15 is 0 Å². The van der Waals surface area contributed by atoms with E-state index in [1.165, 1.54) is 0 Å². The Labute approximate surface area is 150 Å². The van der Waals surface area contributed by atoms with Gasteiger partial charge in [0, 0.05) is 6.61 Å². The van der Waals surface area contributed by atoms with E-state index in [0.717, 1.165) is 0 Å². The van der Waals surface area contributed by atoms with Crippen molar-refractivity contribution in [3.63, 3.8) is 0 Å². The van der Waals surface area contributed by atoms with Gasteiger partial charge in [-0.15, -0.1) is 0 Å². The first kappa shape index (κ1) is 21.9. The second-order valence-electron chi connectivity index (χ2n) is 6.37. The fourth-order valence-corrected chi connectivity index (χ4v) is 2.99. The van der Waals surface area contributed by atoms with Gasteiger partial charge in [0.15, 0.2) is 12.6 Å². The molecular weight excluding hydrogens is 356 g/mol. The predicted molar refractivity (Wildman–Crippen MR) is 82.6 cm³/mol. The molecule has 0 aromatic rings. The largest absolute Gasteiger partial charge is 0.394 e. The van der Waals surface area contributed by atoms with Crippen LogP contribution in [0, 0.1) is 0 Å². The van der Waals surface area contributed by atoms with E-state index in [4.69, 9.17) is 18.9 Å². The second kappa shape index (κ2) is 9.66. The van der Waals surface area contributed by atoms with Crippen molar-refractivity contribution in [1.29, 1.82) is 0 Å². The fourth-order valence-electron chi connectivity index (χ4n) is 2.99. The zero-order chi connectivity index (χ0) is 19.4. The first-order chi connectivity index (χ1) is 12.3. The molecule has 0 aromatic heterocycles. The number of rotatable bonds is 7. The Balaban J connectivity index is 2.13. The summed E-state index contributed by atoms with van der Waals surface area (Å²) in [4.78, 5) is 0. The Morgan fingerprint density at radius 3 is 2.00 bits per heavy atom. The van der Waals surface area contributed by atoms with Gasteiger partial charge in [-0.3, -0.25) is 0 Å². The van der Waals surface area contributed by atoms with Crippen LogP contribution >= 0.6 is 0 Å². The van der Waals surface area contributed by atoms with Crippen molar-refractivity contribution in [2.75, 3.05) is 19.8 Å². The first-order valence-corrected chi connectivity index (χ1v) is 8.55. The van der Waals surface area contributed by atoms with Crippen molar-refractivity contribution in [3.8, 4) is 0 Å². The molecule has 10 unspecified atom stereocenters. The predicted octanol–water partition coefficient (Wildman–Crippen LogP) is -3.96. The minimum absolute atomic E-state index is 0.235. The van der Waals surface area contributed by atoms with Crippen LogP contribution in [-0.4, -0.2) is 117 Å². The lowest BCUT2D eigenvalue weighted by atomic mass is 9.97. The lowest BCUT2D eigenvalue weighted by Gasteiger charge is -2.46. The monoisotopic (exact) mass is 384 g/mol. The normalized spacial score (nSPS) is 47.1. The topological polar surface area (TPSA) is 179 Å². The van der Waals surface area contributed by atoms with Gasteiger partial charge >= 0.3 is 0 Å². The molecule has 7 N–H and O–H groups in total. The average Bonchev–Trinajstić information content (AvgIpc) is 2.63. The van der Waals surface area contributed by atoms with E-state index < -0.39 is 74.6 Å². The van der Waals surface area contributed by atoms with Gasteiger partial charge in [0.1, 0.15) is 48.8 Å². The second-order valence-corrected chi connectivity index (χ2v) is 6.37. The molecule has 10 atom stereocenters. The molecule has 0 aliphatic carbocycles. The summed E-state index contributed by atoms with van der Waals surface area (Å²) in [5, 5.41) is 68.7. The van der Waals surface area contributed by atoms with E-state index in [2.05, 4.69) is 0 Å². The number of hydrogen-bond donors (Lipinski definition) is 7. The molecule has 2 saturated heterocycles. The molecule has 0 aromatic carbocycles. The molecule has 2 aliphatic rings. The van der Waals surface area contributed by atoms with Gasteiger partial charge < -0.3 is 54.7 Å². The summed E-state index contributed by atoms with van der Waals surface area (Å²) in [5.74, 6) is 0. The fraction of sp³-hybridized carbons (Fsp3) is 1.00. The molecule has 2 aliphatic heterocycles. The van der Waals surface area contributed by atoms with Crippen molar-refractivity contribution >= 4 is 0 Å². The third-order valence-electron chi connectivity index (χ3n) is 4.47. The highest BCUT2D eigenvalue weighted by Gasteiger charge is 2.50. The standard InChI is InChI=1S/C15H28O11/c1-2-3-23-13-11(21)12(7(5-17)24-14(13)22)26-15-10(20)9(19)8(18)6(4-16)25-15/h6-22H,2-5H2,1H3. The van der Waals surface area contributed by atoms with E-state index in [-0.39, 0.29) is 6.61 Å². The van der Waals surface area contributed by atoms with Crippen LogP contribution in [0.2, 0.25) is 0 Å². The summed E-state index contributed by atoms with van der Waals surface area (Å²) in [5.41, 5.74) is 0. The van der Waals surface area contributed by atoms with Gasteiger partial charge in [0.2, 0.25) is 0 Å². The highest BCUT2D eigenvalue weighted by molar-refractivity contribution is 4.94. The van der Waals surface area contributed by atoms with Crippen LogP contribution in [0.1, 0.15) is 13.3 Å². The molecule has 11 nitrogen and oxygen atoms in total. The third kappa shape index (κ3) is 4.51. The molecule has 0 saturated carbocycles. The van der Waals surface area contributed by atoms with Crippen LogP contribution in [0.15, 0.2) is 0 Å². The highest BCUT2D eigenvalue weighted by atomic mass is 16.7. The highest BCUT2D eigenvalue weighted by Crippen LogP contribution is 2.29. The van der Waals surface area contributed by atoms with Crippen LogP contribution < -0.4 is 0 Å². The quantitative estimate of drug-likeness (QED) is 0.228. The summed E-state index contributed by atoms with van der Waals surface area (Å²) in [6, 6.07) is 0. The van der Waals surface area contributed by atoms with Crippen molar-refractivity contribution in [2.24, 2.45) is 0 Å². The first-order valence-electron chi connectivity index (χ1n) is 8.55. The Hall–Kier alpha value is -0.440. The maximum absolute atomic E-state index is 10.5. The van der Waals surface area contributed by atoms with E-state index in [9.17, 15) is 35.7 Å². The van der Waals surface area contributed by atoms with E-state index in [0.29, 0.717) is 6.42 Å². The lowest BCUT2D eigenvalue weighted by Crippen LogP contribution is -2.64. The minimum Gasteiger partial charge on any atom is -0.394 e. The average molecular weight is 384 g/mol. The van der Waals surface area contributed by atoms with Gasteiger partial charge in [-0.25, -0.2) is 0 Å². The summed E-state index contributed by atoms with van der Waals surface area (Å²) >= 11 is 0. The summed E-state index contributed by atoms with van der Waals surface area (Å²) < 4.78 is 21.3. The van der Waals surface area contributed by atoms with E-state index in [1.807, 2.05) is 6.92 Å². The maximum Gasteiger partial charge on any atom is 0.187 e. The zero-order valence-corrected chi connectivity index (χ0v) is 14.4. The van der Waals surface area contributed by atoms with Crippen molar-refractivity contribution < 1.29 is 54.7 Å². The molecule has 154 valence electrons. The number of hydrogen-bond acceptors (Lipinski definition) is 11. The molecule has 11 heteroatoms. The van der Waals surface area contributed by atoms with Crippen LogP contribution in [0.3, 0.4) is 0 Å². The van der Waals surface area contributed by atoms with Crippen LogP contribution in [0.25, 0.3) is 0 Å². The number of aliphatic hydroxyl groups is 7. The van der Waals surface area contributed by atoms with Crippen LogP contribution in [0.4, 0.5) is 0 Å². The summed E-state index contributed by atoms with van der Waals surface area (Å²) in [6.07, 6.45) is -13.5. The van der Waals surface area contributed by atoms with Crippen molar-refractivity contribution in [3.05, 3.63) is 0 Å². The molecular formula is C15H28O11. The molecule has 26 heavy (non-hydrogen) atoms. The van der Waals surface area contributed by atoms with E-state index in [1.54, 1.807) is 0 Å². The Bertz CT molecular complexity index is 422. The Morgan fingerprint density at radius 1 is 0.769 bits per heavy atom. The smallest absolute Gasteiger partial charge is 0.187 e. The Morgan fingerprint density at radius 2 is 1.42 bits per heavy atom. The summed E-state index contributed by atoms with van der Waals surface area (Å²) in [7, 11) is 0. The van der Waals surface area contributed by atoms with Gasteiger partial charge in [0.25, 0.3) is 0 Å². The third-order valence-corrected chi connectivity index (χ3v) is 4.47. The van der Waals surface area contributed by atoms with Crippen molar-refractivity contribution in [1.82, 2.24) is 0 Å². The molecule has 0 bridgehead atoms. The van der Waals surface area contributed by atoms with Crippen LogP contribution in [-0.2, 0) is 18.9 Å². The molecule has 2 rings (SSSR count). The summed E-state index contributed by atoms with van der Waals surface area (Å²) in [6.45, 7) is 0.815. The van der Waals surface area contributed by atoms with Crippen molar-refractivity contribution in [2.45, 2.75) is 74.8 Å². The number of ether oxygens (including phenoxy) is 4. The lowest BCUT2D eigenvalue weighted by molar-refractivity contribution is -0.358. The molecule has 2 heterocycles. The Kier molecular flexibility index (Phi) is 8.12. The van der Waals surface area contributed by atoms with Gasteiger partial charge in [-0.2, -0.15) is 0 Å². The zero-order valence-electron chi connectivity index (χ0n) is 14.4. The van der Waals surface area contributed by atoms with Gasteiger partial charge in [-0.05, 0) is 6.42 Å². The number of aliphatic hydroxyl groups excluding tert-OH is 7. The molecule has 0 radical (unpaired) electrons.